The van der Waals surface area contributed by atoms with E-state index in [0.717, 1.165) is 5.82 Å². The van der Waals surface area contributed by atoms with Crippen molar-refractivity contribution < 1.29 is 9.47 Å². The molecule has 0 spiro atoms. The molecule has 0 amide bonds. The van der Waals surface area contributed by atoms with Gasteiger partial charge in [-0.15, -0.1) is 5.10 Å². The lowest BCUT2D eigenvalue weighted by atomic mass is 10.0. The minimum absolute atomic E-state index is 0.375. The average Bonchev–Trinajstić information content (AvgIpc) is 3.18. The van der Waals surface area contributed by atoms with Crippen molar-refractivity contribution >= 4 is 11.5 Å². The molecule has 0 atom stereocenters. The predicted octanol–water partition coefficient (Wildman–Crippen LogP) is 2.62. The van der Waals surface area contributed by atoms with Crippen molar-refractivity contribution in [1.29, 1.82) is 0 Å². The van der Waals surface area contributed by atoms with Gasteiger partial charge in [-0.2, -0.15) is 10.2 Å². The lowest BCUT2D eigenvalue weighted by Crippen LogP contribution is -2.01. The summed E-state index contributed by atoms with van der Waals surface area (Å²) < 4.78 is 10.5. The van der Waals surface area contributed by atoms with Crippen molar-refractivity contribution in [3.63, 3.8) is 0 Å². The Morgan fingerprint density at radius 2 is 2.05 bits per heavy atom. The van der Waals surface area contributed by atoms with Crippen LogP contribution in [-0.2, 0) is 0 Å². The number of hydrogen-bond acceptors (Lipinski definition) is 6. The molecule has 0 unspecified atom stereocenters. The molecule has 3 rings (SSSR count). The number of anilines is 2. The highest BCUT2D eigenvalue weighted by atomic mass is 16.5. The molecule has 0 saturated heterocycles. The first-order valence-corrected chi connectivity index (χ1v) is 7.07. The predicted molar refractivity (Wildman–Crippen MR) is 78.2 cm³/mol. The lowest BCUT2D eigenvalue weighted by Gasteiger charge is -2.11. The summed E-state index contributed by atoms with van der Waals surface area (Å²) in [6, 6.07) is 2.04. The van der Waals surface area contributed by atoms with E-state index in [-0.39, 0.29) is 0 Å². The molecule has 2 aromatic heterocycles. The highest BCUT2D eigenvalue weighted by Crippen LogP contribution is 2.36. The van der Waals surface area contributed by atoms with Gasteiger partial charge in [-0.1, -0.05) is 12.8 Å². The first kappa shape index (κ1) is 13.7. The van der Waals surface area contributed by atoms with Crippen molar-refractivity contribution in [2.45, 2.75) is 31.6 Å². The Kier molecular flexibility index (Phi) is 3.89. The first-order chi connectivity index (χ1) is 10.3. The summed E-state index contributed by atoms with van der Waals surface area (Å²) in [5.41, 5.74) is 1.80. The zero-order valence-corrected chi connectivity index (χ0v) is 12.2. The normalized spacial score (nSPS) is 15.1. The van der Waals surface area contributed by atoms with E-state index >= 15 is 0 Å². The van der Waals surface area contributed by atoms with E-state index in [0.29, 0.717) is 23.2 Å². The van der Waals surface area contributed by atoms with E-state index in [9.17, 15) is 0 Å². The van der Waals surface area contributed by atoms with Gasteiger partial charge in [0.05, 0.1) is 20.4 Å². The summed E-state index contributed by atoms with van der Waals surface area (Å²) in [6.45, 7) is 0. The van der Waals surface area contributed by atoms with Crippen LogP contribution in [0.5, 0.6) is 11.6 Å². The molecule has 1 saturated carbocycles. The Bertz CT molecular complexity index is 585. The number of hydrogen-bond donors (Lipinski definition) is 2. The van der Waals surface area contributed by atoms with Gasteiger partial charge in [-0.05, 0) is 12.8 Å². The van der Waals surface area contributed by atoms with Crippen LogP contribution in [0.15, 0.2) is 12.3 Å². The van der Waals surface area contributed by atoms with Gasteiger partial charge in [0.15, 0.2) is 11.6 Å². The van der Waals surface area contributed by atoms with Gasteiger partial charge in [-0.25, -0.2) is 0 Å². The maximum absolute atomic E-state index is 5.28. The molecule has 0 aromatic carbocycles. The molecule has 2 N–H and O–H groups in total. The molecular weight excluding hydrogens is 270 g/mol. The highest BCUT2D eigenvalue weighted by Gasteiger charge is 2.20. The maximum atomic E-state index is 5.28. The summed E-state index contributed by atoms with van der Waals surface area (Å²) in [5.74, 6) is 2.25. The maximum Gasteiger partial charge on any atom is 0.261 e. The number of H-pyrrole nitrogens is 1. The summed E-state index contributed by atoms with van der Waals surface area (Å²) in [5, 5.41) is 18.4. The monoisotopic (exact) mass is 289 g/mol. The molecule has 112 valence electrons. The van der Waals surface area contributed by atoms with Crippen LogP contribution in [-0.4, -0.2) is 34.6 Å². The molecule has 1 fully saturated rings. The molecule has 0 radical (unpaired) electrons. The van der Waals surface area contributed by atoms with Gasteiger partial charge in [0, 0.05) is 17.7 Å². The molecule has 2 heterocycles. The van der Waals surface area contributed by atoms with Crippen LogP contribution < -0.4 is 14.8 Å². The summed E-state index contributed by atoms with van der Waals surface area (Å²) in [6.07, 6.45) is 6.58. The van der Waals surface area contributed by atoms with Crippen LogP contribution in [0.1, 0.15) is 37.3 Å². The zero-order valence-electron chi connectivity index (χ0n) is 12.2. The van der Waals surface area contributed by atoms with Crippen LogP contribution in [0.4, 0.5) is 11.5 Å². The molecular formula is C14H19N5O2. The van der Waals surface area contributed by atoms with Crippen molar-refractivity contribution in [3.8, 4) is 11.6 Å². The van der Waals surface area contributed by atoms with E-state index in [2.05, 4.69) is 25.7 Å². The molecule has 0 aliphatic heterocycles. The van der Waals surface area contributed by atoms with Crippen LogP contribution in [0.3, 0.4) is 0 Å². The number of methoxy groups -OCH3 is 2. The second-order valence-corrected chi connectivity index (χ2v) is 5.11. The van der Waals surface area contributed by atoms with E-state index in [1.54, 1.807) is 14.2 Å². The smallest absolute Gasteiger partial charge is 0.261 e. The fourth-order valence-electron chi connectivity index (χ4n) is 2.74. The number of aromatic nitrogens is 4. The third kappa shape index (κ3) is 2.76. The van der Waals surface area contributed by atoms with Gasteiger partial charge in [0.25, 0.3) is 5.88 Å². The van der Waals surface area contributed by atoms with Crippen LogP contribution in [0.2, 0.25) is 0 Å². The fourth-order valence-corrected chi connectivity index (χ4v) is 2.74. The average molecular weight is 289 g/mol. The van der Waals surface area contributed by atoms with Gasteiger partial charge < -0.3 is 14.8 Å². The largest absolute Gasteiger partial charge is 0.493 e. The second kappa shape index (κ2) is 5.99. The lowest BCUT2D eigenvalue weighted by molar-refractivity contribution is 0.378. The highest BCUT2D eigenvalue weighted by molar-refractivity contribution is 5.68. The standard InChI is InChI=1S/C14H19N5O2/c1-20-11-8-15-19-14(21-2)13(11)16-12-7-10(17-18-12)9-5-3-4-6-9/h7-9H,3-6H2,1-2H3,(H2,15,16,17,18). The van der Waals surface area contributed by atoms with Gasteiger partial charge in [-0.3, -0.25) is 5.10 Å². The quantitative estimate of drug-likeness (QED) is 0.880. The van der Waals surface area contributed by atoms with Gasteiger partial charge in [0.2, 0.25) is 0 Å². The topological polar surface area (TPSA) is 85.0 Å². The summed E-state index contributed by atoms with van der Waals surface area (Å²) in [4.78, 5) is 0. The summed E-state index contributed by atoms with van der Waals surface area (Å²) in [7, 11) is 3.12. The van der Waals surface area contributed by atoms with E-state index in [4.69, 9.17) is 9.47 Å². The SMILES string of the molecule is COc1cnnc(OC)c1Nc1cc(C2CCCC2)[nH]n1. The van der Waals surface area contributed by atoms with Crippen LogP contribution >= 0.6 is 0 Å². The number of aromatic amines is 1. The van der Waals surface area contributed by atoms with Crippen molar-refractivity contribution in [2.24, 2.45) is 0 Å². The Labute approximate surface area is 123 Å². The summed E-state index contributed by atoms with van der Waals surface area (Å²) >= 11 is 0. The minimum atomic E-state index is 0.375. The van der Waals surface area contributed by atoms with E-state index in [1.807, 2.05) is 6.07 Å². The number of nitrogens with one attached hydrogen (secondary N) is 2. The van der Waals surface area contributed by atoms with Crippen molar-refractivity contribution in [2.75, 3.05) is 19.5 Å². The van der Waals surface area contributed by atoms with Gasteiger partial charge >= 0.3 is 0 Å². The van der Waals surface area contributed by atoms with Crippen LogP contribution in [0.25, 0.3) is 0 Å². The molecule has 7 heteroatoms. The number of nitrogens with zero attached hydrogens (tertiary/aromatic N) is 3. The number of rotatable bonds is 5. The molecule has 1 aliphatic carbocycles. The van der Waals surface area contributed by atoms with E-state index < -0.39 is 0 Å². The Hall–Kier alpha value is -2.31. The molecule has 0 bridgehead atoms. The molecule has 21 heavy (non-hydrogen) atoms. The minimum Gasteiger partial charge on any atom is -0.493 e. The molecule has 2 aromatic rings. The zero-order chi connectivity index (χ0) is 14.7. The van der Waals surface area contributed by atoms with Crippen molar-refractivity contribution in [1.82, 2.24) is 20.4 Å². The van der Waals surface area contributed by atoms with Gasteiger partial charge in [0.1, 0.15) is 5.69 Å². The van der Waals surface area contributed by atoms with Crippen LogP contribution in [0, 0.1) is 0 Å². The second-order valence-electron chi connectivity index (χ2n) is 5.11. The van der Waals surface area contributed by atoms with E-state index in [1.165, 1.54) is 37.6 Å². The first-order valence-electron chi connectivity index (χ1n) is 7.07. The third-order valence-electron chi connectivity index (χ3n) is 3.84. The third-order valence-corrected chi connectivity index (χ3v) is 3.84. The van der Waals surface area contributed by atoms with Crippen molar-refractivity contribution in [3.05, 3.63) is 18.0 Å². The number of ether oxygens (including phenoxy) is 2. The molecule has 1 aliphatic rings. The Morgan fingerprint density at radius 3 is 2.76 bits per heavy atom. The molecule has 7 nitrogen and oxygen atoms in total. The Balaban J connectivity index is 1.83. The Morgan fingerprint density at radius 1 is 1.24 bits per heavy atom. The fraction of sp³-hybridized carbons (Fsp3) is 0.500.